The predicted molar refractivity (Wildman–Crippen MR) is 104 cm³/mol. The summed E-state index contributed by atoms with van der Waals surface area (Å²) in [5, 5.41) is 0. The van der Waals surface area contributed by atoms with Crippen molar-refractivity contribution in [2.75, 3.05) is 6.54 Å². The van der Waals surface area contributed by atoms with Crippen molar-refractivity contribution in [2.24, 2.45) is 11.8 Å². The Balaban J connectivity index is 1.66. The van der Waals surface area contributed by atoms with Gasteiger partial charge in [0, 0.05) is 6.04 Å². The average molecular weight is 384 g/mol. The van der Waals surface area contributed by atoms with Gasteiger partial charge in [0.2, 0.25) is 0 Å². The van der Waals surface area contributed by atoms with Gasteiger partial charge in [-0.15, -0.1) is 0 Å². The summed E-state index contributed by atoms with van der Waals surface area (Å²) in [4.78, 5) is 42.0. The molecule has 0 radical (unpaired) electrons. The van der Waals surface area contributed by atoms with Crippen LogP contribution in [0.1, 0.15) is 68.2 Å². The number of likely N-dealkylation sites (tertiary alicyclic amines) is 1. The van der Waals surface area contributed by atoms with Crippen LogP contribution in [0.5, 0.6) is 0 Å². The third kappa shape index (κ3) is 2.73. The number of carbonyl (C=O) groups is 3. The molecule has 1 aromatic rings. The Kier molecular flexibility index (Phi) is 4.11. The predicted octanol–water partition coefficient (Wildman–Crippen LogP) is 3.71. The third-order valence-electron chi connectivity index (χ3n) is 6.52. The minimum atomic E-state index is -0.627. The number of nitrogens with zero attached hydrogens (tertiary/aromatic N) is 2. The molecule has 150 valence electrons. The molecule has 6 nitrogen and oxygen atoms in total. The number of imide groups is 1. The van der Waals surface area contributed by atoms with Gasteiger partial charge in [-0.2, -0.15) is 0 Å². The van der Waals surface area contributed by atoms with Crippen LogP contribution < -0.4 is 0 Å². The number of piperidine rings is 1. The molecule has 4 rings (SSSR count). The van der Waals surface area contributed by atoms with E-state index in [1.807, 2.05) is 32.6 Å². The Hall–Kier alpha value is -2.37. The molecule has 1 unspecified atom stereocenters. The van der Waals surface area contributed by atoms with E-state index < -0.39 is 11.1 Å². The zero-order valence-corrected chi connectivity index (χ0v) is 17.2. The van der Waals surface area contributed by atoms with Gasteiger partial charge in [0.1, 0.15) is 5.60 Å². The van der Waals surface area contributed by atoms with Crippen LogP contribution in [0.25, 0.3) is 0 Å². The molecule has 2 aliphatic heterocycles. The summed E-state index contributed by atoms with van der Waals surface area (Å²) in [7, 11) is 0. The van der Waals surface area contributed by atoms with E-state index in [9.17, 15) is 14.4 Å². The van der Waals surface area contributed by atoms with Crippen LogP contribution in [0.3, 0.4) is 0 Å². The maximum Gasteiger partial charge on any atom is 0.411 e. The van der Waals surface area contributed by atoms with Gasteiger partial charge in [-0.3, -0.25) is 19.4 Å². The Morgan fingerprint density at radius 3 is 2.25 bits per heavy atom. The molecule has 4 atom stereocenters. The molecule has 1 saturated carbocycles. The van der Waals surface area contributed by atoms with Crippen LogP contribution in [0.4, 0.5) is 4.79 Å². The summed E-state index contributed by atoms with van der Waals surface area (Å²) in [5.74, 6) is 0.112. The van der Waals surface area contributed by atoms with Gasteiger partial charge >= 0.3 is 6.09 Å². The Bertz CT molecular complexity index is 823. The summed E-state index contributed by atoms with van der Waals surface area (Å²) in [6.07, 6.45) is 1.47. The lowest BCUT2D eigenvalue weighted by Crippen LogP contribution is -2.61. The largest absolute Gasteiger partial charge is 0.444 e. The van der Waals surface area contributed by atoms with Crippen LogP contribution in [0.15, 0.2) is 24.3 Å². The van der Waals surface area contributed by atoms with Gasteiger partial charge in [0.25, 0.3) is 11.8 Å². The molecule has 1 saturated heterocycles. The number of benzene rings is 1. The molecule has 3 amide bonds. The number of hydrogen-bond donors (Lipinski definition) is 0. The van der Waals surface area contributed by atoms with Crippen LogP contribution in [-0.2, 0) is 4.74 Å². The lowest BCUT2D eigenvalue weighted by molar-refractivity contribution is -0.0287. The molecule has 2 fully saturated rings. The SMILES string of the molecule is C[C@@H]1CC2C[C@@H]1[C@](C)(CN1C(=O)c3ccccc3C1=O)N2C(=O)OC(C)(C)C. The van der Waals surface area contributed by atoms with Crippen molar-refractivity contribution in [2.45, 2.75) is 64.6 Å². The fourth-order valence-electron chi connectivity index (χ4n) is 5.45. The van der Waals surface area contributed by atoms with Gasteiger partial charge in [-0.1, -0.05) is 19.1 Å². The van der Waals surface area contributed by atoms with Gasteiger partial charge in [0.15, 0.2) is 0 Å². The quantitative estimate of drug-likeness (QED) is 0.729. The lowest BCUT2D eigenvalue weighted by atomic mass is 9.78. The molecule has 3 aliphatic rings. The zero-order valence-electron chi connectivity index (χ0n) is 17.2. The minimum absolute atomic E-state index is 0.0926. The van der Waals surface area contributed by atoms with Crippen LogP contribution in [0, 0.1) is 11.8 Å². The van der Waals surface area contributed by atoms with E-state index in [0.717, 1.165) is 12.8 Å². The summed E-state index contributed by atoms with van der Waals surface area (Å²) in [5.41, 5.74) is -0.342. The lowest BCUT2D eigenvalue weighted by Gasteiger charge is -2.47. The molecule has 6 heteroatoms. The highest BCUT2D eigenvalue weighted by Crippen LogP contribution is 2.53. The van der Waals surface area contributed by atoms with E-state index in [1.165, 1.54) is 4.90 Å². The summed E-state index contributed by atoms with van der Waals surface area (Å²) in [6, 6.07) is 7.00. The van der Waals surface area contributed by atoms with Gasteiger partial charge in [-0.05, 0) is 64.5 Å². The highest BCUT2D eigenvalue weighted by molar-refractivity contribution is 6.21. The summed E-state index contributed by atoms with van der Waals surface area (Å²) < 4.78 is 5.68. The second-order valence-corrected chi connectivity index (χ2v) is 9.66. The van der Waals surface area contributed by atoms with Crippen molar-refractivity contribution in [3.8, 4) is 0 Å². The van der Waals surface area contributed by atoms with E-state index in [2.05, 4.69) is 6.92 Å². The highest BCUT2D eigenvalue weighted by atomic mass is 16.6. The molecule has 1 aliphatic carbocycles. The first-order valence-corrected chi connectivity index (χ1v) is 10.0. The maximum atomic E-state index is 13.0. The Morgan fingerprint density at radius 1 is 1.14 bits per heavy atom. The van der Waals surface area contributed by atoms with Crippen molar-refractivity contribution in [3.63, 3.8) is 0 Å². The topological polar surface area (TPSA) is 66.9 Å². The van der Waals surface area contributed by atoms with Crippen LogP contribution >= 0.6 is 0 Å². The second kappa shape index (κ2) is 6.06. The Morgan fingerprint density at radius 2 is 1.71 bits per heavy atom. The second-order valence-electron chi connectivity index (χ2n) is 9.66. The molecule has 0 aromatic heterocycles. The molecule has 2 heterocycles. The van der Waals surface area contributed by atoms with Crippen molar-refractivity contribution in [1.82, 2.24) is 9.80 Å². The van der Waals surface area contributed by atoms with E-state index in [1.54, 1.807) is 24.3 Å². The van der Waals surface area contributed by atoms with Gasteiger partial charge in [-0.25, -0.2) is 4.79 Å². The zero-order chi connectivity index (χ0) is 20.4. The summed E-state index contributed by atoms with van der Waals surface area (Å²) >= 11 is 0. The number of hydrogen-bond acceptors (Lipinski definition) is 4. The monoisotopic (exact) mass is 384 g/mol. The molecule has 0 spiro atoms. The number of rotatable bonds is 2. The minimum Gasteiger partial charge on any atom is -0.444 e. The standard InChI is InChI=1S/C22H28N2O4/c1-13-10-14-11-17(13)22(5,24(14)20(27)28-21(2,3)4)12-23-18(25)15-8-6-7-9-16(15)19(23)26/h6-9,13-14,17H,10-12H2,1-5H3/t13-,14?,17+,22+/m1/s1. The first-order valence-electron chi connectivity index (χ1n) is 10.0. The number of amides is 3. The molecular weight excluding hydrogens is 356 g/mol. The molecule has 1 aromatic carbocycles. The van der Waals surface area contributed by atoms with E-state index in [0.29, 0.717) is 17.0 Å². The molecule has 28 heavy (non-hydrogen) atoms. The first kappa shape index (κ1) is 19.0. The van der Waals surface area contributed by atoms with Crippen LogP contribution in [-0.4, -0.2) is 51.4 Å². The van der Waals surface area contributed by atoms with Gasteiger partial charge in [0.05, 0.1) is 23.2 Å². The van der Waals surface area contributed by atoms with E-state index >= 15 is 0 Å². The van der Waals surface area contributed by atoms with E-state index in [4.69, 9.17) is 4.74 Å². The first-order chi connectivity index (χ1) is 13.0. The van der Waals surface area contributed by atoms with Crippen molar-refractivity contribution in [1.29, 1.82) is 0 Å². The number of fused-ring (bicyclic) bond motifs is 3. The Labute approximate surface area is 165 Å². The fraction of sp³-hybridized carbons (Fsp3) is 0.591. The molecule has 2 bridgehead atoms. The smallest absolute Gasteiger partial charge is 0.411 e. The fourth-order valence-corrected chi connectivity index (χ4v) is 5.45. The highest BCUT2D eigenvalue weighted by Gasteiger charge is 2.61. The molecular formula is C22H28N2O4. The number of carbonyl (C=O) groups excluding carboxylic acids is 3. The van der Waals surface area contributed by atoms with E-state index in [-0.39, 0.29) is 36.4 Å². The maximum absolute atomic E-state index is 13.0. The number of ether oxygens (including phenoxy) is 1. The van der Waals surface area contributed by atoms with Crippen molar-refractivity contribution < 1.29 is 19.1 Å². The van der Waals surface area contributed by atoms with Crippen molar-refractivity contribution >= 4 is 17.9 Å². The van der Waals surface area contributed by atoms with Crippen molar-refractivity contribution in [3.05, 3.63) is 35.4 Å². The van der Waals surface area contributed by atoms with Gasteiger partial charge < -0.3 is 4.74 Å². The normalized spacial score (nSPS) is 31.5. The third-order valence-corrected chi connectivity index (χ3v) is 6.52. The molecule has 0 N–H and O–H groups in total. The summed E-state index contributed by atoms with van der Waals surface area (Å²) in [6.45, 7) is 9.94. The van der Waals surface area contributed by atoms with Crippen LogP contribution in [0.2, 0.25) is 0 Å². The average Bonchev–Trinajstić information content (AvgIpc) is 3.18.